The zero-order valence-electron chi connectivity index (χ0n) is 21.9. The first-order chi connectivity index (χ1) is 18.4. The Morgan fingerprint density at radius 2 is 2.00 bits per heavy atom. The molecule has 216 valence electrons. The van der Waals surface area contributed by atoms with Crippen LogP contribution in [0.1, 0.15) is 41.6 Å². The molecule has 7 nitrogen and oxygen atoms in total. The van der Waals surface area contributed by atoms with E-state index in [1.807, 2.05) is 22.7 Å². The van der Waals surface area contributed by atoms with Crippen molar-refractivity contribution in [1.29, 1.82) is 0 Å². The Labute approximate surface area is 247 Å². The second kappa shape index (κ2) is 12.7. The van der Waals surface area contributed by atoms with Crippen LogP contribution in [0.25, 0.3) is 26.4 Å². The van der Waals surface area contributed by atoms with Crippen LogP contribution in [0.15, 0.2) is 42.6 Å². The molecular formula is C28H33Cl2F2N5O2S. The molecule has 2 aromatic carbocycles. The summed E-state index contributed by atoms with van der Waals surface area (Å²) in [6, 6.07) is 10.4. The van der Waals surface area contributed by atoms with E-state index in [2.05, 4.69) is 20.5 Å². The van der Waals surface area contributed by atoms with E-state index in [4.69, 9.17) is 0 Å². The molecule has 6 rings (SSSR count). The van der Waals surface area contributed by atoms with Gasteiger partial charge in [-0.3, -0.25) is 9.20 Å². The predicted molar refractivity (Wildman–Crippen MR) is 159 cm³/mol. The molecule has 2 aliphatic heterocycles. The molecule has 4 aromatic rings. The van der Waals surface area contributed by atoms with E-state index in [0.717, 1.165) is 36.3 Å². The highest BCUT2D eigenvalue weighted by Crippen LogP contribution is 2.34. The van der Waals surface area contributed by atoms with Crippen LogP contribution in [0.4, 0.5) is 8.78 Å². The van der Waals surface area contributed by atoms with Crippen LogP contribution in [-0.4, -0.2) is 70.7 Å². The SMILES string of the molecule is Cl.Cl.O=C(NCCCN1CCC(F)CC1)c1ccc2c(c1)sc1nc(-c3ccc(C4(O)CCNC4)cc3F)cn12. The number of alkyl halides is 1. The van der Waals surface area contributed by atoms with E-state index in [0.29, 0.717) is 66.2 Å². The zero-order chi connectivity index (χ0) is 26.3. The second-order valence-corrected chi connectivity index (χ2v) is 11.4. The first-order valence-corrected chi connectivity index (χ1v) is 14.0. The molecule has 1 unspecified atom stereocenters. The topological polar surface area (TPSA) is 81.9 Å². The predicted octanol–water partition coefficient (Wildman–Crippen LogP) is 4.93. The number of nitrogens with one attached hydrogen (secondary N) is 2. The molecule has 0 radical (unpaired) electrons. The van der Waals surface area contributed by atoms with E-state index in [1.165, 1.54) is 17.4 Å². The molecule has 4 heterocycles. The number of piperidine rings is 1. The first-order valence-electron chi connectivity index (χ1n) is 13.2. The highest BCUT2D eigenvalue weighted by Gasteiger charge is 2.33. The summed E-state index contributed by atoms with van der Waals surface area (Å²) in [4.78, 5) is 20.3. The van der Waals surface area contributed by atoms with Gasteiger partial charge in [-0.15, -0.1) is 24.8 Å². The van der Waals surface area contributed by atoms with Crippen LogP contribution >= 0.6 is 36.2 Å². The van der Waals surface area contributed by atoms with Crippen molar-refractivity contribution in [3.8, 4) is 11.3 Å². The average molecular weight is 613 g/mol. The molecule has 12 heteroatoms. The maximum absolute atomic E-state index is 15.1. The number of thiazole rings is 1. The Morgan fingerprint density at radius 1 is 1.20 bits per heavy atom. The number of aromatic nitrogens is 2. The van der Waals surface area contributed by atoms with Gasteiger partial charge in [0, 0.05) is 43.5 Å². The lowest BCUT2D eigenvalue weighted by Crippen LogP contribution is -2.36. The molecule has 2 aromatic heterocycles. The molecule has 1 amide bonds. The Hall–Kier alpha value is -2.34. The fourth-order valence-electron chi connectivity index (χ4n) is 5.44. The summed E-state index contributed by atoms with van der Waals surface area (Å²) in [7, 11) is 0. The Morgan fingerprint density at radius 3 is 2.73 bits per heavy atom. The normalized spacial score (nSPS) is 20.0. The average Bonchev–Trinajstić information content (AvgIpc) is 3.62. The molecule has 1 atom stereocenters. The van der Waals surface area contributed by atoms with Gasteiger partial charge in [-0.1, -0.05) is 17.4 Å². The number of hydrogen-bond donors (Lipinski definition) is 3. The van der Waals surface area contributed by atoms with Crippen LogP contribution < -0.4 is 10.6 Å². The van der Waals surface area contributed by atoms with Crippen molar-refractivity contribution in [3.05, 3.63) is 59.5 Å². The summed E-state index contributed by atoms with van der Waals surface area (Å²) in [6.07, 6.45) is 3.72. The van der Waals surface area contributed by atoms with Gasteiger partial charge in [-0.05, 0) is 74.7 Å². The number of imidazole rings is 1. The van der Waals surface area contributed by atoms with Gasteiger partial charge in [0.05, 0.1) is 15.9 Å². The number of halogens is 4. The van der Waals surface area contributed by atoms with Crippen molar-refractivity contribution in [2.24, 2.45) is 0 Å². The third-order valence-corrected chi connectivity index (χ3v) is 8.74. The van der Waals surface area contributed by atoms with Crippen molar-refractivity contribution in [3.63, 3.8) is 0 Å². The van der Waals surface area contributed by atoms with Crippen molar-refractivity contribution in [1.82, 2.24) is 24.9 Å². The zero-order valence-corrected chi connectivity index (χ0v) is 24.3. The summed E-state index contributed by atoms with van der Waals surface area (Å²) in [5.74, 6) is -0.536. The fourth-order valence-corrected chi connectivity index (χ4v) is 6.49. The summed E-state index contributed by atoms with van der Waals surface area (Å²) in [5.41, 5.74) is 1.93. The molecule has 3 N–H and O–H groups in total. The molecule has 0 spiro atoms. The molecule has 0 bridgehead atoms. The third-order valence-electron chi connectivity index (χ3n) is 7.73. The Kier molecular flexibility index (Phi) is 9.70. The third kappa shape index (κ3) is 6.12. The number of carbonyl (C=O) groups is 1. The number of amides is 1. The molecule has 2 aliphatic rings. The van der Waals surface area contributed by atoms with Gasteiger partial charge in [-0.25, -0.2) is 13.8 Å². The summed E-state index contributed by atoms with van der Waals surface area (Å²) >= 11 is 1.45. The summed E-state index contributed by atoms with van der Waals surface area (Å²) in [5, 5.41) is 16.8. The van der Waals surface area contributed by atoms with Gasteiger partial charge < -0.3 is 20.6 Å². The number of benzene rings is 2. The number of hydrogen-bond acceptors (Lipinski definition) is 6. The van der Waals surface area contributed by atoms with Gasteiger partial charge in [-0.2, -0.15) is 0 Å². The van der Waals surface area contributed by atoms with E-state index >= 15 is 4.39 Å². The lowest BCUT2D eigenvalue weighted by atomic mass is 9.92. The molecule has 0 aliphatic carbocycles. The lowest BCUT2D eigenvalue weighted by Gasteiger charge is -2.28. The highest BCUT2D eigenvalue weighted by atomic mass is 35.5. The number of aliphatic hydroxyl groups is 1. The maximum atomic E-state index is 15.1. The highest BCUT2D eigenvalue weighted by molar-refractivity contribution is 7.23. The van der Waals surface area contributed by atoms with E-state index in [9.17, 15) is 14.3 Å². The largest absolute Gasteiger partial charge is 0.384 e. The second-order valence-electron chi connectivity index (χ2n) is 10.3. The van der Waals surface area contributed by atoms with Crippen LogP contribution in [0, 0.1) is 5.82 Å². The van der Waals surface area contributed by atoms with Crippen molar-refractivity contribution in [2.75, 3.05) is 39.3 Å². The van der Waals surface area contributed by atoms with Crippen molar-refractivity contribution >= 4 is 57.2 Å². The van der Waals surface area contributed by atoms with Crippen molar-refractivity contribution < 1.29 is 18.7 Å². The number of nitrogens with zero attached hydrogens (tertiary/aromatic N) is 3. The van der Waals surface area contributed by atoms with Gasteiger partial charge in [0.1, 0.15) is 17.6 Å². The number of rotatable bonds is 7. The Bertz CT molecular complexity index is 1480. The maximum Gasteiger partial charge on any atom is 0.251 e. The summed E-state index contributed by atoms with van der Waals surface area (Å²) in [6.45, 7) is 4.12. The van der Waals surface area contributed by atoms with E-state index in [1.54, 1.807) is 18.2 Å². The molecular weight excluding hydrogens is 579 g/mol. The van der Waals surface area contributed by atoms with Gasteiger partial charge in [0.15, 0.2) is 4.96 Å². The van der Waals surface area contributed by atoms with Gasteiger partial charge >= 0.3 is 0 Å². The number of carbonyl (C=O) groups excluding carboxylic acids is 1. The molecule has 0 saturated carbocycles. The molecule has 2 saturated heterocycles. The molecule has 40 heavy (non-hydrogen) atoms. The smallest absolute Gasteiger partial charge is 0.251 e. The quantitative estimate of drug-likeness (QED) is 0.258. The molecule has 2 fully saturated rings. The fraction of sp³-hybridized carbons (Fsp3) is 0.429. The monoisotopic (exact) mass is 611 g/mol. The van der Waals surface area contributed by atoms with Crippen LogP contribution in [0.3, 0.4) is 0 Å². The number of fused-ring (bicyclic) bond motifs is 3. The number of likely N-dealkylation sites (tertiary alicyclic amines) is 1. The van der Waals surface area contributed by atoms with Crippen LogP contribution in [-0.2, 0) is 5.60 Å². The van der Waals surface area contributed by atoms with Crippen molar-refractivity contribution in [2.45, 2.75) is 37.5 Å². The first kappa shape index (κ1) is 30.6. The lowest BCUT2D eigenvalue weighted by molar-refractivity contribution is 0.0584. The minimum atomic E-state index is -1.04. The van der Waals surface area contributed by atoms with Crippen LogP contribution in [0.2, 0.25) is 0 Å². The summed E-state index contributed by atoms with van der Waals surface area (Å²) < 4.78 is 31.2. The minimum absolute atomic E-state index is 0. The van der Waals surface area contributed by atoms with E-state index in [-0.39, 0.29) is 30.7 Å². The standard InChI is InChI=1S/C28H31F2N5O2S.2ClH/c29-20-6-12-34(13-7-20)11-1-9-32-26(36)18-2-5-24-25(14-18)38-27-33-23(16-35(24)27)21-4-3-19(15-22(21)30)28(37)8-10-31-17-28;;/h2-5,14-16,20,31,37H,1,6-13,17H2,(H,32,36);2*1H. The van der Waals surface area contributed by atoms with Crippen LogP contribution in [0.5, 0.6) is 0 Å². The number of β-amino-alcohol motifs (C(OH)–C–C–N with tert-alkyl or cyclic N) is 1. The van der Waals surface area contributed by atoms with E-state index < -0.39 is 17.6 Å². The minimum Gasteiger partial charge on any atom is -0.384 e. The Balaban J connectivity index is 0.00000185. The van der Waals surface area contributed by atoms with Gasteiger partial charge in [0.25, 0.3) is 5.91 Å². The van der Waals surface area contributed by atoms with Gasteiger partial charge in [0.2, 0.25) is 0 Å².